The number of carbonyl (C=O) groups is 1. The first kappa shape index (κ1) is 14.7. The van der Waals surface area contributed by atoms with Crippen LogP contribution in [-0.2, 0) is 14.0 Å². The third-order valence-electron chi connectivity index (χ3n) is 3.66. The number of rotatable bonds is 5. The number of hydrogen-bond acceptors (Lipinski definition) is 4. The SMILES string of the molecule is CCOC(=O)[C@@H]1NC1CO[Si](C)(C)C(C)(C)C. The van der Waals surface area contributed by atoms with Crippen LogP contribution < -0.4 is 5.32 Å². The molecule has 0 bridgehead atoms. The van der Waals surface area contributed by atoms with Crippen LogP contribution in [-0.4, -0.2) is 39.6 Å². The van der Waals surface area contributed by atoms with E-state index in [1.54, 1.807) is 0 Å². The van der Waals surface area contributed by atoms with Crippen molar-refractivity contribution < 1.29 is 14.0 Å². The summed E-state index contributed by atoms with van der Waals surface area (Å²) >= 11 is 0. The van der Waals surface area contributed by atoms with E-state index in [2.05, 4.69) is 39.2 Å². The molecule has 1 fully saturated rings. The molecule has 1 aliphatic heterocycles. The van der Waals surface area contributed by atoms with Gasteiger partial charge in [-0.2, -0.15) is 0 Å². The van der Waals surface area contributed by atoms with E-state index in [1.165, 1.54) is 0 Å². The van der Waals surface area contributed by atoms with E-state index in [0.29, 0.717) is 13.2 Å². The van der Waals surface area contributed by atoms with Crippen LogP contribution in [0.15, 0.2) is 0 Å². The van der Waals surface area contributed by atoms with Gasteiger partial charge in [0.2, 0.25) is 0 Å². The first-order chi connectivity index (χ1) is 7.69. The van der Waals surface area contributed by atoms with Crippen LogP contribution in [0, 0.1) is 0 Å². The van der Waals surface area contributed by atoms with E-state index < -0.39 is 8.32 Å². The van der Waals surface area contributed by atoms with Crippen molar-refractivity contribution in [2.75, 3.05) is 13.2 Å². The highest BCUT2D eigenvalue weighted by molar-refractivity contribution is 6.74. The Labute approximate surface area is 105 Å². The molecule has 2 atom stereocenters. The summed E-state index contributed by atoms with van der Waals surface area (Å²) in [4.78, 5) is 11.4. The highest BCUT2D eigenvalue weighted by atomic mass is 28.4. The summed E-state index contributed by atoms with van der Waals surface area (Å²) in [5.41, 5.74) is 0. The maximum atomic E-state index is 11.4. The van der Waals surface area contributed by atoms with Crippen molar-refractivity contribution in [3.05, 3.63) is 0 Å². The third kappa shape index (κ3) is 3.79. The molecule has 4 nitrogen and oxygen atoms in total. The van der Waals surface area contributed by atoms with Crippen molar-refractivity contribution in [1.29, 1.82) is 0 Å². The Morgan fingerprint density at radius 2 is 1.94 bits per heavy atom. The fraction of sp³-hybridized carbons (Fsp3) is 0.917. The minimum absolute atomic E-state index is 0.142. The molecule has 0 aromatic rings. The predicted molar refractivity (Wildman–Crippen MR) is 70.5 cm³/mol. The summed E-state index contributed by atoms with van der Waals surface area (Å²) in [6.45, 7) is 13.9. The van der Waals surface area contributed by atoms with Gasteiger partial charge in [-0.15, -0.1) is 0 Å². The van der Waals surface area contributed by atoms with Gasteiger partial charge in [0.1, 0.15) is 6.04 Å². The second kappa shape index (κ2) is 5.08. The molecular weight excluding hydrogens is 234 g/mol. The van der Waals surface area contributed by atoms with Crippen molar-refractivity contribution in [1.82, 2.24) is 5.32 Å². The molecule has 5 heteroatoms. The zero-order valence-electron chi connectivity index (χ0n) is 11.8. The molecule has 0 spiro atoms. The predicted octanol–water partition coefficient (Wildman–Crippen LogP) is 1.91. The second-order valence-corrected chi connectivity index (χ2v) is 10.9. The molecule has 1 N–H and O–H groups in total. The molecule has 0 saturated carbocycles. The zero-order valence-corrected chi connectivity index (χ0v) is 12.8. The van der Waals surface area contributed by atoms with E-state index in [1.807, 2.05) is 6.92 Å². The number of nitrogens with one attached hydrogen (secondary N) is 1. The highest BCUT2D eigenvalue weighted by Crippen LogP contribution is 2.37. The molecule has 1 heterocycles. The summed E-state index contributed by atoms with van der Waals surface area (Å²) in [5, 5.41) is 3.31. The zero-order chi connectivity index (χ0) is 13.3. The van der Waals surface area contributed by atoms with Gasteiger partial charge >= 0.3 is 5.97 Å². The Morgan fingerprint density at radius 3 is 2.41 bits per heavy atom. The molecule has 0 aromatic carbocycles. The topological polar surface area (TPSA) is 57.5 Å². The van der Waals surface area contributed by atoms with Gasteiger partial charge in [0.05, 0.1) is 19.3 Å². The van der Waals surface area contributed by atoms with E-state index in [0.717, 1.165) is 0 Å². The van der Waals surface area contributed by atoms with Crippen molar-refractivity contribution in [3.63, 3.8) is 0 Å². The van der Waals surface area contributed by atoms with E-state index in [-0.39, 0.29) is 23.1 Å². The van der Waals surface area contributed by atoms with E-state index in [9.17, 15) is 4.79 Å². The van der Waals surface area contributed by atoms with Crippen LogP contribution >= 0.6 is 0 Å². The van der Waals surface area contributed by atoms with Gasteiger partial charge in [-0.05, 0) is 25.1 Å². The Balaban J connectivity index is 2.33. The Kier molecular flexibility index (Phi) is 4.38. The van der Waals surface area contributed by atoms with Crippen LogP contribution in [0.1, 0.15) is 27.7 Å². The summed E-state index contributed by atoms with van der Waals surface area (Å²) in [6, 6.07) is -0.0112. The highest BCUT2D eigenvalue weighted by Gasteiger charge is 2.46. The van der Waals surface area contributed by atoms with E-state index >= 15 is 0 Å². The molecule has 17 heavy (non-hydrogen) atoms. The molecule has 0 aliphatic carbocycles. The standard InChI is InChI=1S/C12H25NO3Si/c1-7-15-11(14)10-9(13-10)8-16-17(5,6)12(2,3)4/h9-10,13H,7-8H2,1-6H3/t9?,10-/m1/s1. The lowest BCUT2D eigenvalue weighted by Crippen LogP contribution is -2.42. The lowest BCUT2D eigenvalue weighted by atomic mass is 10.2. The van der Waals surface area contributed by atoms with Crippen molar-refractivity contribution >= 4 is 14.3 Å². The Bertz CT molecular complexity index is 286. The summed E-state index contributed by atoms with van der Waals surface area (Å²) in [6.07, 6.45) is 0. The molecule has 100 valence electrons. The summed E-state index contributed by atoms with van der Waals surface area (Å²) in [5.74, 6) is -0.156. The summed E-state index contributed by atoms with van der Waals surface area (Å²) in [7, 11) is -1.70. The molecule has 0 aromatic heterocycles. The molecule has 0 amide bonds. The number of ether oxygens (including phenoxy) is 1. The van der Waals surface area contributed by atoms with Gasteiger partial charge in [0.25, 0.3) is 0 Å². The van der Waals surface area contributed by atoms with Crippen molar-refractivity contribution in [2.24, 2.45) is 0 Å². The maximum absolute atomic E-state index is 11.4. The van der Waals surface area contributed by atoms with Crippen molar-refractivity contribution in [3.8, 4) is 0 Å². The van der Waals surface area contributed by atoms with E-state index in [4.69, 9.17) is 9.16 Å². The molecule has 1 aliphatic rings. The maximum Gasteiger partial charge on any atom is 0.324 e. The largest absolute Gasteiger partial charge is 0.465 e. The lowest BCUT2D eigenvalue weighted by molar-refractivity contribution is -0.142. The molecule has 0 radical (unpaired) electrons. The summed E-state index contributed by atoms with van der Waals surface area (Å²) < 4.78 is 11.0. The first-order valence-corrected chi connectivity index (χ1v) is 9.16. The van der Waals surface area contributed by atoms with Crippen LogP contribution in [0.2, 0.25) is 18.1 Å². The minimum atomic E-state index is -1.70. The van der Waals surface area contributed by atoms with Gasteiger partial charge in [0.15, 0.2) is 8.32 Å². The fourth-order valence-corrected chi connectivity index (χ4v) is 2.33. The van der Waals surface area contributed by atoms with Crippen LogP contribution in [0.4, 0.5) is 0 Å². The van der Waals surface area contributed by atoms with Crippen LogP contribution in [0.3, 0.4) is 0 Å². The first-order valence-electron chi connectivity index (χ1n) is 6.25. The fourth-order valence-electron chi connectivity index (χ4n) is 1.30. The minimum Gasteiger partial charge on any atom is -0.465 e. The third-order valence-corrected chi connectivity index (χ3v) is 8.16. The number of hydrogen-bond donors (Lipinski definition) is 1. The van der Waals surface area contributed by atoms with Crippen LogP contribution in [0.5, 0.6) is 0 Å². The van der Waals surface area contributed by atoms with Gasteiger partial charge in [-0.3, -0.25) is 10.1 Å². The second-order valence-electron chi connectivity index (χ2n) is 6.07. The number of carbonyl (C=O) groups excluding carboxylic acids is 1. The Hall–Kier alpha value is -0.393. The molecule has 1 rings (SSSR count). The van der Waals surface area contributed by atoms with Crippen LogP contribution in [0.25, 0.3) is 0 Å². The van der Waals surface area contributed by atoms with Gasteiger partial charge < -0.3 is 9.16 Å². The smallest absolute Gasteiger partial charge is 0.324 e. The monoisotopic (exact) mass is 259 g/mol. The average Bonchev–Trinajstić information content (AvgIpc) is 2.92. The molecule has 1 unspecified atom stereocenters. The van der Waals surface area contributed by atoms with Gasteiger partial charge in [-0.25, -0.2) is 0 Å². The van der Waals surface area contributed by atoms with Crippen molar-refractivity contribution in [2.45, 2.75) is 57.9 Å². The molecule has 1 saturated heterocycles. The normalized spacial score (nSPS) is 24.6. The van der Waals surface area contributed by atoms with Gasteiger partial charge in [0, 0.05) is 0 Å². The molecular formula is C12H25NO3Si. The number of esters is 1. The average molecular weight is 259 g/mol. The Morgan fingerprint density at radius 1 is 1.35 bits per heavy atom. The quantitative estimate of drug-likeness (QED) is 0.465. The van der Waals surface area contributed by atoms with Gasteiger partial charge in [-0.1, -0.05) is 20.8 Å². The lowest BCUT2D eigenvalue weighted by Gasteiger charge is -2.36.